The van der Waals surface area contributed by atoms with Crippen molar-refractivity contribution >= 4 is 0 Å². The summed E-state index contributed by atoms with van der Waals surface area (Å²) in [5, 5.41) is 0. The molecular formula is C37H36O4. The molecule has 0 unspecified atom stereocenters. The first-order valence-electron chi connectivity index (χ1n) is 13.9. The van der Waals surface area contributed by atoms with E-state index in [-0.39, 0.29) is 6.10 Å². The molecule has 0 fully saturated rings. The Labute approximate surface area is 243 Å². The fourth-order valence-corrected chi connectivity index (χ4v) is 4.95. The minimum Gasteiger partial charge on any atom is -0.497 e. The van der Waals surface area contributed by atoms with Gasteiger partial charge in [-0.25, -0.2) is 0 Å². The predicted molar refractivity (Wildman–Crippen MR) is 163 cm³/mol. The van der Waals surface area contributed by atoms with Crippen LogP contribution in [0.15, 0.2) is 146 Å². The van der Waals surface area contributed by atoms with Crippen LogP contribution in [0.4, 0.5) is 0 Å². The zero-order valence-electron chi connectivity index (χ0n) is 23.4. The van der Waals surface area contributed by atoms with Gasteiger partial charge in [-0.2, -0.15) is 0 Å². The van der Waals surface area contributed by atoms with Crippen molar-refractivity contribution in [3.05, 3.63) is 173 Å². The molecule has 0 aromatic heterocycles. The molecule has 4 nitrogen and oxygen atoms in total. The topological polar surface area (TPSA) is 36.9 Å². The number of rotatable bonds is 14. The summed E-state index contributed by atoms with van der Waals surface area (Å²) < 4.78 is 24.9. The van der Waals surface area contributed by atoms with E-state index in [1.165, 1.54) is 0 Å². The second kappa shape index (κ2) is 14.4. The highest BCUT2D eigenvalue weighted by Crippen LogP contribution is 2.40. The third kappa shape index (κ3) is 7.30. The number of hydrogen-bond donors (Lipinski definition) is 0. The molecule has 4 heteroatoms. The van der Waals surface area contributed by atoms with Gasteiger partial charge in [0.15, 0.2) is 0 Å². The van der Waals surface area contributed by atoms with Gasteiger partial charge >= 0.3 is 0 Å². The van der Waals surface area contributed by atoms with E-state index in [1.54, 1.807) is 7.11 Å². The van der Waals surface area contributed by atoms with Crippen molar-refractivity contribution in [1.82, 2.24) is 0 Å². The molecule has 1 atom stereocenters. The van der Waals surface area contributed by atoms with Crippen molar-refractivity contribution in [2.45, 2.75) is 24.9 Å². The van der Waals surface area contributed by atoms with Crippen molar-refractivity contribution in [3.8, 4) is 5.75 Å². The highest BCUT2D eigenvalue weighted by atomic mass is 16.6. The van der Waals surface area contributed by atoms with E-state index in [1.807, 2.05) is 60.7 Å². The van der Waals surface area contributed by atoms with Crippen LogP contribution in [0.2, 0.25) is 0 Å². The summed E-state index contributed by atoms with van der Waals surface area (Å²) in [7, 11) is 1.67. The van der Waals surface area contributed by atoms with Crippen LogP contribution in [0.1, 0.15) is 27.8 Å². The molecule has 0 saturated heterocycles. The molecule has 0 spiro atoms. The molecule has 0 radical (unpaired) electrons. The Kier molecular flexibility index (Phi) is 9.96. The van der Waals surface area contributed by atoms with Crippen LogP contribution >= 0.6 is 0 Å². The second-order valence-corrected chi connectivity index (χ2v) is 9.87. The third-order valence-electron chi connectivity index (χ3n) is 7.09. The Balaban J connectivity index is 1.41. The van der Waals surface area contributed by atoms with Gasteiger partial charge in [0.05, 0.1) is 33.5 Å². The van der Waals surface area contributed by atoms with E-state index in [4.69, 9.17) is 18.9 Å². The normalized spacial score (nSPS) is 12.1. The molecule has 0 N–H and O–H groups in total. The van der Waals surface area contributed by atoms with Crippen molar-refractivity contribution in [2.24, 2.45) is 0 Å². The van der Waals surface area contributed by atoms with Crippen LogP contribution < -0.4 is 4.74 Å². The number of methoxy groups -OCH3 is 1. The second-order valence-electron chi connectivity index (χ2n) is 9.87. The van der Waals surface area contributed by atoms with Gasteiger partial charge in [-0.3, -0.25) is 0 Å². The summed E-state index contributed by atoms with van der Waals surface area (Å²) in [6.45, 7) is 1.65. The zero-order chi connectivity index (χ0) is 28.2. The van der Waals surface area contributed by atoms with E-state index in [0.29, 0.717) is 26.4 Å². The molecule has 0 aliphatic rings. The monoisotopic (exact) mass is 544 g/mol. The Morgan fingerprint density at radius 3 is 1.46 bits per heavy atom. The number of benzene rings is 5. The highest BCUT2D eigenvalue weighted by Gasteiger charge is 2.38. The molecule has 0 aliphatic carbocycles. The SMILES string of the molecule is COc1ccc(COC[C@@H](COC(c2ccccc2)(c2ccccc2)c2ccccc2)OCc2ccccc2)cc1. The number of hydrogen-bond acceptors (Lipinski definition) is 4. The molecule has 5 aromatic carbocycles. The van der Waals surface area contributed by atoms with Gasteiger partial charge in [-0.05, 0) is 39.9 Å². The maximum Gasteiger partial charge on any atom is 0.143 e. The summed E-state index contributed by atoms with van der Waals surface area (Å²) in [6.07, 6.45) is -0.302. The fraction of sp³-hybridized carbons (Fsp3) is 0.189. The molecule has 0 bridgehead atoms. The van der Waals surface area contributed by atoms with E-state index in [0.717, 1.165) is 33.6 Å². The first-order chi connectivity index (χ1) is 20.3. The van der Waals surface area contributed by atoms with E-state index < -0.39 is 5.60 Å². The molecule has 41 heavy (non-hydrogen) atoms. The maximum absolute atomic E-state index is 7.05. The molecule has 0 amide bonds. The minimum atomic E-state index is -0.825. The van der Waals surface area contributed by atoms with Gasteiger partial charge < -0.3 is 18.9 Å². The lowest BCUT2D eigenvalue weighted by atomic mass is 9.80. The summed E-state index contributed by atoms with van der Waals surface area (Å²) in [5.41, 5.74) is 4.51. The Morgan fingerprint density at radius 1 is 0.512 bits per heavy atom. The van der Waals surface area contributed by atoms with Gasteiger partial charge in [0.1, 0.15) is 17.5 Å². The van der Waals surface area contributed by atoms with Gasteiger partial charge in [0, 0.05) is 0 Å². The molecule has 0 aliphatic heterocycles. The van der Waals surface area contributed by atoms with Gasteiger partial charge in [-0.15, -0.1) is 0 Å². The Morgan fingerprint density at radius 2 is 0.976 bits per heavy atom. The zero-order valence-corrected chi connectivity index (χ0v) is 23.4. The predicted octanol–water partition coefficient (Wildman–Crippen LogP) is 7.81. The minimum absolute atomic E-state index is 0.302. The van der Waals surface area contributed by atoms with E-state index in [2.05, 4.69) is 84.9 Å². The van der Waals surface area contributed by atoms with Crippen molar-refractivity contribution in [1.29, 1.82) is 0 Å². The lowest BCUT2D eigenvalue weighted by molar-refractivity contribution is -0.0987. The van der Waals surface area contributed by atoms with Crippen LogP contribution in [0, 0.1) is 0 Å². The van der Waals surface area contributed by atoms with Gasteiger partial charge in [-0.1, -0.05) is 133 Å². The van der Waals surface area contributed by atoms with Gasteiger partial charge in [0.25, 0.3) is 0 Å². The number of ether oxygens (including phenoxy) is 4. The molecule has 0 heterocycles. The summed E-state index contributed by atoms with van der Waals surface area (Å²) in [5.74, 6) is 0.824. The van der Waals surface area contributed by atoms with Gasteiger partial charge in [0.2, 0.25) is 0 Å². The Hall–Kier alpha value is -4.22. The maximum atomic E-state index is 7.05. The smallest absolute Gasteiger partial charge is 0.143 e. The summed E-state index contributed by atoms with van der Waals surface area (Å²) >= 11 is 0. The summed E-state index contributed by atoms with van der Waals surface area (Å²) in [6, 6.07) is 49.3. The fourth-order valence-electron chi connectivity index (χ4n) is 4.95. The van der Waals surface area contributed by atoms with E-state index >= 15 is 0 Å². The van der Waals surface area contributed by atoms with Crippen LogP contribution in [0.25, 0.3) is 0 Å². The standard InChI is InChI=1S/C37H36O4/c1-38-35-24-22-31(23-25-35)26-39-28-36(40-27-30-14-6-2-7-15-30)29-41-37(32-16-8-3-9-17-32,33-18-10-4-11-19-33)34-20-12-5-13-21-34/h2-25,36H,26-29H2,1H3/t36-/m0/s1. The Bertz CT molecular complexity index is 1330. The highest BCUT2D eigenvalue weighted by molar-refractivity contribution is 5.47. The van der Waals surface area contributed by atoms with E-state index in [9.17, 15) is 0 Å². The van der Waals surface area contributed by atoms with Crippen LogP contribution in [-0.2, 0) is 33.0 Å². The third-order valence-corrected chi connectivity index (χ3v) is 7.09. The lowest BCUT2D eigenvalue weighted by Gasteiger charge is -2.37. The van der Waals surface area contributed by atoms with Crippen molar-refractivity contribution in [3.63, 3.8) is 0 Å². The molecule has 5 aromatic rings. The average molecular weight is 545 g/mol. The van der Waals surface area contributed by atoms with Crippen LogP contribution in [0.3, 0.4) is 0 Å². The van der Waals surface area contributed by atoms with Crippen molar-refractivity contribution in [2.75, 3.05) is 20.3 Å². The largest absolute Gasteiger partial charge is 0.497 e. The molecular weight excluding hydrogens is 508 g/mol. The van der Waals surface area contributed by atoms with Crippen LogP contribution in [0.5, 0.6) is 5.75 Å². The molecule has 208 valence electrons. The van der Waals surface area contributed by atoms with Crippen LogP contribution in [-0.4, -0.2) is 26.4 Å². The quantitative estimate of drug-likeness (QED) is 0.134. The first-order valence-corrected chi connectivity index (χ1v) is 13.9. The van der Waals surface area contributed by atoms with Crippen molar-refractivity contribution < 1.29 is 18.9 Å². The lowest BCUT2D eigenvalue weighted by Crippen LogP contribution is -2.37. The average Bonchev–Trinajstić information content (AvgIpc) is 3.06. The first kappa shape index (κ1) is 28.3. The molecule has 5 rings (SSSR count). The molecule has 0 saturated carbocycles. The summed E-state index contributed by atoms with van der Waals surface area (Å²) in [4.78, 5) is 0.